The van der Waals surface area contributed by atoms with Crippen LogP contribution < -0.4 is 0 Å². The normalized spacial score (nSPS) is 46.4. The van der Waals surface area contributed by atoms with Crippen molar-refractivity contribution < 1.29 is 44.0 Å². The summed E-state index contributed by atoms with van der Waals surface area (Å²) in [6, 6.07) is 0. The SMILES string of the molecule is COC1OC(CO)C(O)C(O)[CH]1[Re]. The predicted molar refractivity (Wildman–Crippen MR) is 38.5 cm³/mol. The Morgan fingerprint density at radius 3 is 2.46 bits per heavy atom. The fraction of sp³-hybridized carbons (Fsp3) is 1.00. The van der Waals surface area contributed by atoms with Crippen LogP contribution in [-0.4, -0.2) is 53.6 Å². The Morgan fingerprint density at radius 2 is 2.00 bits per heavy atom. The van der Waals surface area contributed by atoms with E-state index in [-0.39, 0.29) is 11.0 Å². The minimum atomic E-state index is -1.04. The molecule has 0 amide bonds. The Hall–Kier alpha value is 0.462. The van der Waals surface area contributed by atoms with Crippen LogP contribution in [-0.2, 0) is 28.7 Å². The molecule has 1 aliphatic heterocycles. The van der Waals surface area contributed by atoms with Gasteiger partial charge in [-0.25, -0.2) is 0 Å². The number of hydrogen-bond donors (Lipinski definition) is 3. The van der Waals surface area contributed by atoms with Gasteiger partial charge < -0.3 is 0 Å². The molecule has 5 nitrogen and oxygen atoms in total. The summed E-state index contributed by atoms with van der Waals surface area (Å²) in [6.07, 6.45) is -3.24. The molecular weight excluding hydrogens is 350 g/mol. The minimum absolute atomic E-state index is 0.247. The molecule has 78 valence electrons. The Bertz CT molecular complexity index is 147. The molecule has 3 N–H and O–H groups in total. The molecule has 1 fully saturated rings. The number of methoxy groups -OCH3 is 1. The van der Waals surface area contributed by atoms with Gasteiger partial charge in [0.25, 0.3) is 0 Å². The van der Waals surface area contributed by atoms with E-state index in [1.807, 2.05) is 0 Å². The summed E-state index contributed by atoms with van der Waals surface area (Å²) in [5.74, 6) is 0. The van der Waals surface area contributed by atoms with Gasteiger partial charge in [0.2, 0.25) is 0 Å². The topological polar surface area (TPSA) is 79.2 Å². The summed E-state index contributed by atoms with van der Waals surface area (Å²) < 4.78 is 9.93. The predicted octanol–water partition coefficient (Wildman–Crippen LogP) is -1.59. The zero-order valence-corrected chi connectivity index (χ0v) is 9.85. The molecule has 0 aliphatic carbocycles. The van der Waals surface area contributed by atoms with E-state index in [0.29, 0.717) is 0 Å². The first-order valence-electron chi connectivity index (χ1n) is 3.91. The standard InChI is InChI=1S/C7H13O5.Re/c1-11-6-2-4(9)7(10)5(3-8)12-6;/h2,4-10H,3H2,1H3;. The van der Waals surface area contributed by atoms with Gasteiger partial charge in [-0.3, -0.25) is 0 Å². The molecule has 0 aromatic carbocycles. The maximum atomic E-state index is 9.54. The molecule has 0 spiro atoms. The van der Waals surface area contributed by atoms with Crippen LogP contribution in [0.2, 0.25) is 4.39 Å². The molecule has 0 saturated carbocycles. The van der Waals surface area contributed by atoms with Gasteiger partial charge in [-0.15, -0.1) is 0 Å². The van der Waals surface area contributed by atoms with Gasteiger partial charge in [-0.1, -0.05) is 0 Å². The first-order chi connectivity index (χ1) is 6.11. The third-order valence-electron chi connectivity index (χ3n) is 2.04. The molecule has 5 unspecified atom stereocenters. The number of aliphatic hydroxyl groups is 3. The maximum absolute atomic E-state index is 9.54. The zero-order valence-electron chi connectivity index (χ0n) is 7.13. The molecule has 1 saturated heterocycles. The van der Waals surface area contributed by atoms with Crippen molar-refractivity contribution in [3.8, 4) is 0 Å². The average molecular weight is 363 g/mol. The van der Waals surface area contributed by atoms with Crippen LogP contribution in [0.3, 0.4) is 0 Å². The van der Waals surface area contributed by atoms with E-state index >= 15 is 0 Å². The Balaban J connectivity index is 2.66. The zero-order chi connectivity index (χ0) is 10.0. The van der Waals surface area contributed by atoms with Crippen molar-refractivity contribution in [2.75, 3.05) is 13.7 Å². The Labute approximate surface area is 87.1 Å². The summed E-state index contributed by atoms with van der Waals surface area (Å²) in [4.78, 5) is 0. The second kappa shape index (κ2) is 4.80. The van der Waals surface area contributed by atoms with Gasteiger partial charge in [0.1, 0.15) is 0 Å². The summed E-state index contributed by atoms with van der Waals surface area (Å²) in [7, 11) is 1.47. The number of ether oxygens (including phenoxy) is 2. The molecule has 13 heavy (non-hydrogen) atoms. The molecule has 0 bridgehead atoms. The van der Waals surface area contributed by atoms with Crippen LogP contribution in [0, 0.1) is 0 Å². The van der Waals surface area contributed by atoms with Gasteiger partial charge in [0.15, 0.2) is 0 Å². The second-order valence-corrected chi connectivity index (χ2v) is 4.70. The van der Waals surface area contributed by atoms with Crippen molar-refractivity contribution in [3.63, 3.8) is 0 Å². The number of aliphatic hydroxyl groups excluding tert-OH is 3. The fourth-order valence-electron chi connectivity index (χ4n) is 1.23. The number of rotatable bonds is 2. The van der Waals surface area contributed by atoms with Gasteiger partial charge in [0, 0.05) is 0 Å². The fourth-order valence-corrected chi connectivity index (χ4v) is 2.35. The van der Waals surface area contributed by atoms with Crippen molar-refractivity contribution in [2.45, 2.75) is 29.0 Å². The average Bonchev–Trinajstić information content (AvgIpc) is 2.15. The summed E-state index contributed by atoms with van der Waals surface area (Å²) in [5, 5.41) is 27.8. The van der Waals surface area contributed by atoms with Crippen molar-refractivity contribution in [1.82, 2.24) is 0 Å². The van der Waals surface area contributed by atoms with E-state index < -0.39 is 24.6 Å². The van der Waals surface area contributed by atoms with Crippen molar-refractivity contribution >= 4 is 0 Å². The molecule has 1 aliphatic rings. The Kier molecular flexibility index (Phi) is 4.26. The summed E-state index contributed by atoms with van der Waals surface area (Å²) in [6.45, 7) is -0.322. The molecule has 0 radical (unpaired) electrons. The van der Waals surface area contributed by atoms with Crippen LogP contribution in [0.4, 0.5) is 0 Å². The van der Waals surface area contributed by atoms with E-state index in [0.717, 1.165) is 0 Å². The van der Waals surface area contributed by atoms with Crippen molar-refractivity contribution in [3.05, 3.63) is 0 Å². The van der Waals surface area contributed by atoms with E-state index in [9.17, 15) is 10.2 Å². The third-order valence-corrected chi connectivity index (χ3v) is 3.70. The van der Waals surface area contributed by atoms with E-state index in [1.165, 1.54) is 26.3 Å². The molecule has 0 aromatic heterocycles. The van der Waals surface area contributed by atoms with Crippen molar-refractivity contribution in [2.24, 2.45) is 0 Å². The molecule has 0 aromatic rings. The summed E-state index contributed by atoms with van der Waals surface area (Å²) >= 11 is 1.30. The van der Waals surface area contributed by atoms with Gasteiger partial charge in [-0.05, 0) is 0 Å². The quantitative estimate of drug-likeness (QED) is 0.551. The van der Waals surface area contributed by atoms with Gasteiger partial charge in [0.05, 0.1) is 0 Å². The molecular formula is C7H13O5Re. The van der Waals surface area contributed by atoms with Crippen molar-refractivity contribution in [1.29, 1.82) is 0 Å². The first-order valence-corrected chi connectivity index (χ1v) is 5.48. The van der Waals surface area contributed by atoms with Crippen LogP contribution >= 0.6 is 0 Å². The number of hydrogen-bond acceptors (Lipinski definition) is 5. The van der Waals surface area contributed by atoms with Gasteiger partial charge in [-0.2, -0.15) is 0 Å². The van der Waals surface area contributed by atoms with E-state index in [2.05, 4.69) is 0 Å². The second-order valence-electron chi connectivity index (χ2n) is 2.89. The van der Waals surface area contributed by atoms with Crippen LogP contribution in [0.5, 0.6) is 0 Å². The third kappa shape index (κ3) is 2.28. The molecule has 5 atom stereocenters. The van der Waals surface area contributed by atoms with E-state index in [4.69, 9.17) is 14.6 Å². The molecule has 6 heteroatoms. The van der Waals surface area contributed by atoms with Crippen LogP contribution in [0.25, 0.3) is 0 Å². The monoisotopic (exact) mass is 364 g/mol. The van der Waals surface area contributed by atoms with Crippen LogP contribution in [0.15, 0.2) is 0 Å². The van der Waals surface area contributed by atoms with Crippen LogP contribution in [0.1, 0.15) is 0 Å². The summed E-state index contributed by atoms with van der Waals surface area (Å²) in [5.41, 5.74) is 0. The molecule has 1 heterocycles. The van der Waals surface area contributed by atoms with Gasteiger partial charge >= 0.3 is 86.7 Å². The molecule has 1 rings (SSSR count). The Morgan fingerprint density at radius 1 is 1.38 bits per heavy atom. The van der Waals surface area contributed by atoms with E-state index in [1.54, 1.807) is 0 Å². The first kappa shape index (κ1) is 11.5.